The summed E-state index contributed by atoms with van der Waals surface area (Å²) in [6, 6.07) is 5.86. The van der Waals surface area contributed by atoms with E-state index in [2.05, 4.69) is 15.4 Å². The highest BCUT2D eigenvalue weighted by molar-refractivity contribution is 5.82. The van der Waals surface area contributed by atoms with Crippen molar-refractivity contribution in [3.8, 4) is 5.69 Å². The highest BCUT2D eigenvalue weighted by Gasteiger charge is 2.14. The molecule has 3 aromatic rings. The molecule has 0 unspecified atom stereocenters. The fourth-order valence-electron chi connectivity index (χ4n) is 2.70. The highest BCUT2D eigenvalue weighted by Crippen LogP contribution is 2.17. The van der Waals surface area contributed by atoms with Crippen molar-refractivity contribution >= 4 is 22.9 Å². The van der Waals surface area contributed by atoms with E-state index in [9.17, 15) is 14.4 Å². The Morgan fingerprint density at radius 1 is 1.21 bits per heavy atom. The van der Waals surface area contributed by atoms with Gasteiger partial charge in [-0.2, -0.15) is 5.10 Å². The summed E-state index contributed by atoms with van der Waals surface area (Å²) in [5, 5.41) is 6.99. The molecular weight excluding hydrogens is 362 g/mol. The summed E-state index contributed by atoms with van der Waals surface area (Å²) in [6.45, 7) is 5.43. The van der Waals surface area contributed by atoms with Gasteiger partial charge in [0.25, 0.3) is 5.56 Å². The Bertz CT molecular complexity index is 1100. The Kier molecular flexibility index (Phi) is 5.53. The van der Waals surface area contributed by atoms with Crippen LogP contribution in [-0.2, 0) is 20.9 Å². The largest absolute Gasteiger partial charge is 0.465 e. The lowest BCUT2D eigenvalue weighted by atomic mass is 10.1. The van der Waals surface area contributed by atoms with Gasteiger partial charge in [0.05, 0.1) is 18.5 Å². The van der Waals surface area contributed by atoms with Crippen LogP contribution in [0.25, 0.3) is 16.7 Å². The lowest BCUT2D eigenvalue weighted by Gasteiger charge is -2.08. The summed E-state index contributed by atoms with van der Waals surface area (Å²) in [5.74, 6) is -1.02. The Hall–Kier alpha value is -3.49. The van der Waals surface area contributed by atoms with Gasteiger partial charge in [-0.05, 0) is 44.0 Å². The summed E-state index contributed by atoms with van der Waals surface area (Å²) in [5.41, 5.74) is 3.09. The number of benzene rings is 1. The van der Waals surface area contributed by atoms with E-state index in [0.717, 1.165) is 16.8 Å². The molecule has 28 heavy (non-hydrogen) atoms. The Morgan fingerprint density at radius 3 is 2.71 bits per heavy atom. The second-order valence-corrected chi connectivity index (χ2v) is 6.32. The Labute approximate surface area is 160 Å². The molecule has 3 rings (SSSR count). The maximum absolute atomic E-state index is 12.7. The maximum Gasteiger partial charge on any atom is 0.325 e. The Balaban J connectivity index is 1.83. The number of ether oxygens (including phenoxy) is 1. The lowest BCUT2D eigenvalue weighted by molar-refractivity contribution is -0.143. The normalized spacial score (nSPS) is 10.8. The molecule has 146 valence electrons. The highest BCUT2D eigenvalue weighted by atomic mass is 16.5. The standard InChI is InChI=1S/C19H21N5O4/c1-4-28-17(26)9-20-16(25)10-23-11-21-18-15(19(23)27)8-22-24(18)14-6-5-12(2)13(3)7-14/h5-8,11H,4,9-10H2,1-3H3,(H,20,25). The fraction of sp³-hybridized carbons (Fsp3) is 0.316. The number of rotatable bonds is 6. The van der Waals surface area contributed by atoms with Gasteiger partial charge in [0.1, 0.15) is 24.8 Å². The zero-order valence-corrected chi connectivity index (χ0v) is 15.9. The van der Waals surface area contributed by atoms with Crippen LogP contribution >= 0.6 is 0 Å². The van der Waals surface area contributed by atoms with E-state index in [0.29, 0.717) is 11.0 Å². The van der Waals surface area contributed by atoms with Gasteiger partial charge >= 0.3 is 5.97 Å². The molecule has 0 bridgehead atoms. The zero-order valence-electron chi connectivity index (χ0n) is 15.9. The van der Waals surface area contributed by atoms with Crippen molar-refractivity contribution < 1.29 is 14.3 Å². The number of esters is 1. The molecule has 0 atom stereocenters. The summed E-state index contributed by atoms with van der Waals surface area (Å²) in [7, 11) is 0. The predicted octanol–water partition coefficient (Wildman–Crippen LogP) is 0.878. The first kappa shape index (κ1) is 19.3. The number of carbonyl (C=O) groups excluding carboxylic acids is 2. The minimum Gasteiger partial charge on any atom is -0.465 e. The van der Waals surface area contributed by atoms with Crippen molar-refractivity contribution in [3.63, 3.8) is 0 Å². The van der Waals surface area contributed by atoms with Crippen molar-refractivity contribution in [1.29, 1.82) is 0 Å². The van der Waals surface area contributed by atoms with E-state index in [1.165, 1.54) is 17.1 Å². The molecule has 9 nitrogen and oxygen atoms in total. The van der Waals surface area contributed by atoms with Crippen LogP contribution in [0.4, 0.5) is 0 Å². The second kappa shape index (κ2) is 8.03. The third-order valence-electron chi connectivity index (χ3n) is 4.34. The van der Waals surface area contributed by atoms with Crippen LogP contribution in [0.1, 0.15) is 18.1 Å². The van der Waals surface area contributed by atoms with Gasteiger partial charge in [0, 0.05) is 0 Å². The summed E-state index contributed by atoms with van der Waals surface area (Å²) in [6.07, 6.45) is 2.74. The van der Waals surface area contributed by atoms with Gasteiger partial charge in [-0.15, -0.1) is 0 Å². The number of amides is 1. The average Bonchev–Trinajstić information content (AvgIpc) is 3.10. The summed E-state index contributed by atoms with van der Waals surface area (Å²) < 4.78 is 7.51. The molecule has 0 spiro atoms. The molecule has 0 fully saturated rings. The van der Waals surface area contributed by atoms with Crippen LogP contribution in [0.2, 0.25) is 0 Å². The number of hydrogen-bond acceptors (Lipinski definition) is 6. The first-order valence-electron chi connectivity index (χ1n) is 8.83. The third kappa shape index (κ3) is 3.93. The molecule has 0 saturated carbocycles. The minimum atomic E-state index is -0.536. The van der Waals surface area contributed by atoms with Crippen LogP contribution in [0.3, 0.4) is 0 Å². The second-order valence-electron chi connectivity index (χ2n) is 6.32. The summed E-state index contributed by atoms with van der Waals surface area (Å²) >= 11 is 0. The van der Waals surface area contributed by atoms with Gasteiger partial charge in [-0.3, -0.25) is 19.0 Å². The molecule has 2 aromatic heterocycles. The maximum atomic E-state index is 12.7. The molecule has 0 aliphatic carbocycles. The van der Waals surface area contributed by atoms with Crippen molar-refractivity contribution in [2.75, 3.05) is 13.2 Å². The van der Waals surface area contributed by atoms with E-state index in [1.54, 1.807) is 11.6 Å². The van der Waals surface area contributed by atoms with Crippen LogP contribution in [0, 0.1) is 13.8 Å². The zero-order chi connectivity index (χ0) is 20.3. The van der Waals surface area contributed by atoms with Crippen LogP contribution < -0.4 is 10.9 Å². The van der Waals surface area contributed by atoms with E-state index in [1.807, 2.05) is 32.0 Å². The number of aromatic nitrogens is 4. The molecule has 0 radical (unpaired) electrons. The number of carbonyl (C=O) groups is 2. The lowest BCUT2D eigenvalue weighted by Crippen LogP contribution is -2.35. The van der Waals surface area contributed by atoms with Crippen LogP contribution in [0.5, 0.6) is 0 Å². The molecule has 2 heterocycles. The van der Waals surface area contributed by atoms with Gasteiger partial charge in [0.15, 0.2) is 5.65 Å². The molecule has 1 amide bonds. The molecular formula is C19H21N5O4. The fourth-order valence-corrected chi connectivity index (χ4v) is 2.70. The first-order chi connectivity index (χ1) is 13.4. The molecule has 0 saturated heterocycles. The quantitative estimate of drug-likeness (QED) is 0.633. The first-order valence-corrected chi connectivity index (χ1v) is 8.83. The van der Waals surface area contributed by atoms with Gasteiger partial charge < -0.3 is 10.1 Å². The van der Waals surface area contributed by atoms with E-state index in [-0.39, 0.29) is 25.3 Å². The predicted molar refractivity (Wildman–Crippen MR) is 102 cm³/mol. The monoisotopic (exact) mass is 383 g/mol. The van der Waals surface area contributed by atoms with Crippen molar-refractivity contribution in [3.05, 3.63) is 52.2 Å². The van der Waals surface area contributed by atoms with Gasteiger partial charge in [0.2, 0.25) is 5.91 Å². The van der Waals surface area contributed by atoms with Crippen molar-refractivity contribution in [2.24, 2.45) is 0 Å². The Morgan fingerprint density at radius 2 is 2.00 bits per heavy atom. The summed E-state index contributed by atoms with van der Waals surface area (Å²) in [4.78, 5) is 40.2. The van der Waals surface area contributed by atoms with Crippen molar-refractivity contribution in [1.82, 2.24) is 24.6 Å². The van der Waals surface area contributed by atoms with Crippen LogP contribution in [-0.4, -0.2) is 44.4 Å². The number of fused-ring (bicyclic) bond motifs is 1. The number of nitrogens with one attached hydrogen (secondary N) is 1. The van der Waals surface area contributed by atoms with Crippen molar-refractivity contribution in [2.45, 2.75) is 27.3 Å². The molecule has 1 N–H and O–H groups in total. The smallest absolute Gasteiger partial charge is 0.325 e. The topological polar surface area (TPSA) is 108 Å². The molecule has 0 aliphatic rings. The minimum absolute atomic E-state index is 0.235. The molecule has 0 aliphatic heterocycles. The average molecular weight is 383 g/mol. The molecule has 1 aromatic carbocycles. The third-order valence-corrected chi connectivity index (χ3v) is 4.34. The van der Waals surface area contributed by atoms with Gasteiger partial charge in [-0.25, -0.2) is 9.67 Å². The number of aryl methyl sites for hydroxylation is 2. The van der Waals surface area contributed by atoms with E-state index < -0.39 is 11.9 Å². The van der Waals surface area contributed by atoms with Crippen LogP contribution in [0.15, 0.2) is 35.5 Å². The molecule has 9 heteroatoms. The number of hydrogen-bond donors (Lipinski definition) is 1. The SMILES string of the molecule is CCOC(=O)CNC(=O)Cn1cnc2c(cnn2-c2ccc(C)c(C)c2)c1=O. The van der Waals surface area contributed by atoms with E-state index in [4.69, 9.17) is 4.74 Å². The number of nitrogens with zero attached hydrogens (tertiary/aromatic N) is 4. The van der Waals surface area contributed by atoms with E-state index >= 15 is 0 Å². The van der Waals surface area contributed by atoms with Gasteiger partial charge in [-0.1, -0.05) is 6.07 Å².